The van der Waals surface area contributed by atoms with Crippen LogP contribution < -0.4 is 19.8 Å². The molecule has 3 heterocycles. The second kappa shape index (κ2) is 7.92. The van der Waals surface area contributed by atoms with E-state index in [-0.39, 0.29) is 23.5 Å². The highest BCUT2D eigenvalue weighted by Gasteiger charge is 2.19. The van der Waals surface area contributed by atoms with E-state index in [1.807, 2.05) is 19.9 Å². The van der Waals surface area contributed by atoms with Crippen molar-refractivity contribution in [3.8, 4) is 17.3 Å². The van der Waals surface area contributed by atoms with Gasteiger partial charge in [-0.3, -0.25) is 4.79 Å². The van der Waals surface area contributed by atoms with Crippen molar-refractivity contribution in [2.75, 3.05) is 19.8 Å². The molecule has 0 aliphatic carbocycles. The molecule has 1 aromatic carbocycles. The van der Waals surface area contributed by atoms with Gasteiger partial charge in [0.05, 0.1) is 17.1 Å². The van der Waals surface area contributed by atoms with Crippen LogP contribution in [0, 0.1) is 13.8 Å². The molecule has 30 heavy (non-hydrogen) atoms. The summed E-state index contributed by atoms with van der Waals surface area (Å²) >= 11 is 0. The fourth-order valence-electron chi connectivity index (χ4n) is 3.13. The molecule has 0 unspecified atom stereocenters. The van der Waals surface area contributed by atoms with Gasteiger partial charge in [-0.2, -0.15) is 5.10 Å². The first-order valence-corrected chi connectivity index (χ1v) is 10.8. The van der Waals surface area contributed by atoms with Gasteiger partial charge < -0.3 is 9.47 Å². The minimum atomic E-state index is -3.79. The third-order valence-electron chi connectivity index (χ3n) is 4.52. The Hall–Kier alpha value is -3.18. The number of hydrogen-bond acceptors (Lipinski definition) is 7. The van der Waals surface area contributed by atoms with Crippen LogP contribution in [0.3, 0.4) is 0 Å². The highest BCUT2D eigenvalue weighted by Crippen LogP contribution is 2.32. The lowest BCUT2D eigenvalue weighted by Crippen LogP contribution is -2.32. The predicted molar refractivity (Wildman–Crippen MR) is 108 cm³/mol. The van der Waals surface area contributed by atoms with Crippen LogP contribution in [0.5, 0.6) is 11.5 Å². The first kappa shape index (κ1) is 20.1. The molecule has 3 aromatic rings. The van der Waals surface area contributed by atoms with E-state index in [1.54, 1.807) is 16.8 Å². The average Bonchev–Trinajstić information content (AvgIpc) is 3.07. The number of sulfonamides is 1. The van der Waals surface area contributed by atoms with E-state index in [1.165, 1.54) is 22.9 Å². The lowest BCUT2D eigenvalue weighted by atomic mass is 10.3. The maximum absolute atomic E-state index is 12.6. The van der Waals surface area contributed by atoms with Crippen LogP contribution in [0.25, 0.3) is 5.82 Å². The number of hydrogen-bond donors (Lipinski definition) is 1. The number of nitrogens with zero attached hydrogens (tertiary/aromatic N) is 4. The number of benzene rings is 1. The smallest absolute Gasteiger partial charge is 0.266 e. The zero-order valence-electron chi connectivity index (χ0n) is 16.5. The van der Waals surface area contributed by atoms with Crippen LogP contribution >= 0.6 is 0 Å². The zero-order valence-corrected chi connectivity index (χ0v) is 17.3. The van der Waals surface area contributed by atoms with Crippen molar-refractivity contribution in [1.82, 2.24) is 24.3 Å². The highest BCUT2D eigenvalue weighted by molar-refractivity contribution is 7.89. The van der Waals surface area contributed by atoms with Crippen molar-refractivity contribution in [3.05, 3.63) is 58.1 Å². The molecule has 158 valence electrons. The predicted octanol–water partition coefficient (Wildman–Crippen LogP) is 0.796. The van der Waals surface area contributed by atoms with Crippen molar-refractivity contribution in [2.24, 2.45) is 0 Å². The minimum absolute atomic E-state index is 0.00967. The molecule has 1 aliphatic rings. The Morgan fingerprint density at radius 3 is 2.53 bits per heavy atom. The molecular formula is C19H21N5O5S. The summed E-state index contributed by atoms with van der Waals surface area (Å²) in [7, 11) is -3.79. The van der Waals surface area contributed by atoms with E-state index in [2.05, 4.69) is 14.9 Å². The molecule has 10 nitrogen and oxygen atoms in total. The summed E-state index contributed by atoms with van der Waals surface area (Å²) < 4.78 is 41.4. The number of aryl methyl sites for hydroxylation is 2. The SMILES string of the molecule is Cc1cc(C)n(-c2ccc(=O)n(CCNS(=O)(=O)c3ccc4c(c3)OCCO4)n2)n1. The van der Waals surface area contributed by atoms with Gasteiger partial charge in [0.2, 0.25) is 10.0 Å². The van der Waals surface area contributed by atoms with Crippen molar-refractivity contribution in [1.29, 1.82) is 0 Å². The Morgan fingerprint density at radius 2 is 1.80 bits per heavy atom. The van der Waals surface area contributed by atoms with Crippen LogP contribution in [0.1, 0.15) is 11.4 Å². The van der Waals surface area contributed by atoms with Crippen LogP contribution in [0.4, 0.5) is 0 Å². The van der Waals surface area contributed by atoms with Crippen molar-refractivity contribution < 1.29 is 17.9 Å². The zero-order chi connectivity index (χ0) is 21.3. The molecule has 0 bridgehead atoms. The maximum Gasteiger partial charge on any atom is 0.266 e. The van der Waals surface area contributed by atoms with Gasteiger partial charge in [-0.25, -0.2) is 22.5 Å². The van der Waals surface area contributed by atoms with Crippen LogP contribution in [0.2, 0.25) is 0 Å². The van der Waals surface area contributed by atoms with Gasteiger partial charge in [0.25, 0.3) is 5.56 Å². The summed E-state index contributed by atoms with van der Waals surface area (Å²) in [4.78, 5) is 12.2. The Morgan fingerprint density at radius 1 is 1.03 bits per heavy atom. The molecule has 0 saturated carbocycles. The molecular weight excluding hydrogens is 410 g/mol. The molecule has 11 heteroatoms. The molecule has 0 saturated heterocycles. The van der Waals surface area contributed by atoms with Crippen LogP contribution in [0.15, 0.2) is 46.1 Å². The summed E-state index contributed by atoms with van der Waals surface area (Å²) in [6.07, 6.45) is 0. The Kier molecular flexibility index (Phi) is 5.31. The molecule has 1 N–H and O–H groups in total. The standard InChI is InChI=1S/C19H21N5O5S/c1-13-11-14(2)24(21-13)18-5-6-19(25)23(22-18)8-7-20-30(26,27)15-3-4-16-17(12-15)29-10-9-28-16/h3-6,11-12,20H,7-10H2,1-2H3. The molecule has 2 aromatic heterocycles. The van der Waals surface area contributed by atoms with E-state index < -0.39 is 10.0 Å². The van der Waals surface area contributed by atoms with E-state index in [9.17, 15) is 13.2 Å². The molecule has 0 amide bonds. The molecule has 4 rings (SSSR count). The Balaban J connectivity index is 1.48. The second-order valence-corrected chi connectivity index (χ2v) is 8.56. The third-order valence-corrected chi connectivity index (χ3v) is 5.98. The molecule has 1 aliphatic heterocycles. The minimum Gasteiger partial charge on any atom is -0.486 e. The topological polar surface area (TPSA) is 117 Å². The molecule has 0 fully saturated rings. The van der Waals surface area contributed by atoms with Gasteiger partial charge in [0, 0.05) is 24.4 Å². The second-order valence-electron chi connectivity index (χ2n) is 6.80. The first-order chi connectivity index (χ1) is 14.3. The number of rotatable bonds is 6. The Bertz CT molecular complexity index is 1250. The fraction of sp³-hybridized carbons (Fsp3) is 0.316. The van der Waals surface area contributed by atoms with Gasteiger partial charge in [-0.05, 0) is 38.1 Å². The van der Waals surface area contributed by atoms with Crippen molar-refractivity contribution >= 4 is 10.0 Å². The summed E-state index contributed by atoms with van der Waals surface area (Å²) in [5, 5.41) is 8.65. The highest BCUT2D eigenvalue weighted by atomic mass is 32.2. The van der Waals surface area contributed by atoms with Gasteiger partial charge in [-0.15, -0.1) is 5.10 Å². The molecule has 0 atom stereocenters. The molecule has 0 radical (unpaired) electrons. The van der Waals surface area contributed by atoms with E-state index in [0.717, 1.165) is 11.4 Å². The number of aromatic nitrogens is 4. The largest absolute Gasteiger partial charge is 0.486 e. The molecule has 0 spiro atoms. The van der Waals surface area contributed by atoms with E-state index in [0.29, 0.717) is 30.5 Å². The monoisotopic (exact) mass is 431 g/mol. The summed E-state index contributed by atoms with van der Waals surface area (Å²) in [5.41, 5.74) is 1.38. The normalized spacial score (nSPS) is 13.4. The van der Waals surface area contributed by atoms with E-state index >= 15 is 0 Å². The fourth-order valence-corrected chi connectivity index (χ4v) is 4.17. The van der Waals surface area contributed by atoms with E-state index in [4.69, 9.17) is 9.47 Å². The summed E-state index contributed by atoms with van der Waals surface area (Å²) in [6, 6.07) is 9.30. The van der Waals surface area contributed by atoms with Crippen molar-refractivity contribution in [3.63, 3.8) is 0 Å². The number of ether oxygens (including phenoxy) is 2. The summed E-state index contributed by atoms with van der Waals surface area (Å²) in [5.74, 6) is 1.38. The van der Waals surface area contributed by atoms with Gasteiger partial charge in [0.1, 0.15) is 13.2 Å². The first-order valence-electron chi connectivity index (χ1n) is 9.35. The Labute approximate surface area is 173 Å². The number of fused-ring (bicyclic) bond motifs is 1. The third kappa shape index (κ3) is 4.07. The number of nitrogens with one attached hydrogen (secondary N) is 1. The van der Waals surface area contributed by atoms with Crippen molar-refractivity contribution in [2.45, 2.75) is 25.3 Å². The average molecular weight is 431 g/mol. The van der Waals surface area contributed by atoms with Gasteiger partial charge in [0.15, 0.2) is 17.3 Å². The lowest BCUT2D eigenvalue weighted by Gasteiger charge is -2.19. The quantitative estimate of drug-likeness (QED) is 0.613. The van der Waals surface area contributed by atoms with Crippen LogP contribution in [-0.2, 0) is 16.6 Å². The maximum atomic E-state index is 12.6. The van der Waals surface area contributed by atoms with Gasteiger partial charge >= 0.3 is 0 Å². The summed E-state index contributed by atoms with van der Waals surface area (Å²) in [6.45, 7) is 4.60. The lowest BCUT2D eigenvalue weighted by molar-refractivity contribution is 0.171. The van der Waals surface area contributed by atoms with Crippen LogP contribution in [-0.4, -0.2) is 47.7 Å². The van der Waals surface area contributed by atoms with Gasteiger partial charge in [-0.1, -0.05) is 0 Å².